The van der Waals surface area contributed by atoms with E-state index in [2.05, 4.69) is 67.5 Å². The fourth-order valence-electron chi connectivity index (χ4n) is 7.49. The van der Waals surface area contributed by atoms with Crippen molar-refractivity contribution in [2.75, 3.05) is 0 Å². The summed E-state index contributed by atoms with van der Waals surface area (Å²) in [6.07, 6.45) is 12.4. The van der Waals surface area contributed by atoms with Gasteiger partial charge in [0.2, 0.25) is 0 Å². The van der Waals surface area contributed by atoms with Crippen molar-refractivity contribution in [2.45, 2.75) is 124 Å². The van der Waals surface area contributed by atoms with E-state index in [1.807, 2.05) is 0 Å². The zero-order valence-corrected chi connectivity index (χ0v) is 22.3. The molecule has 0 radical (unpaired) electrons. The molecule has 3 aliphatic carbocycles. The van der Waals surface area contributed by atoms with Gasteiger partial charge in [0.25, 0.3) is 0 Å². The van der Waals surface area contributed by atoms with Crippen molar-refractivity contribution in [3.63, 3.8) is 0 Å². The average molecular weight is 435 g/mol. The van der Waals surface area contributed by atoms with Gasteiger partial charge in [-0.05, 0) is 84.2 Å². The molecule has 7 atom stereocenters. The molecule has 0 spiro atoms. The fourth-order valence-corrected chi connectivity index (χ4v) is 10.4. The minimum absolute atomic E-state index is 0.104. The minimum Gasteiger partial charge on any atom is -0.414 e. The molecule has 7 unspecified atom stereocenters. The summed E-state index contributed by atoms with van der Waals surface area (Å²) in [7, 11) is -1.56. The largest absolute Gasteiger partial charge is 0.414 e. The van der Waals surface area contributed by atoms with Crippen LogP contribution in [-0.2, 0) is 4.43 Å². The van der Waals surface area contributed by atoms with Gasteiger partial charge in [-0.2, -0.15) is 0 Å². The van der Waals surface area contributed by atoms with Gasteiger partial charge in [0, 0.05) is 6.10 Å². The Hall–Kier alpha value is -0.123. The highest BCUT2D eigenvalue weighted by molar-refractivity contribution is 6.73. The molecule has 3 fully saturated rings. The van der Waals surface area contributed by atoms with Crippen LogP contribution in [-0.4, -0.2) is 25.6 Å². The van der Waals surface area contributed by atoms with Crippen LogP contribution in [0.1, 0.15) is 93.9 Å². The third kappa shape index (κ3) is 4.24. The Balaban J connectivity index is 1.75. The summed E-state index contributed by atoms with van der Waals surface area (Å²) in [5.74, 6) is 2.03. The van der Waals surface area contributed by atoms with Crippen LogP contribution in [0.4, 0.5) is 0 Å². The van der Waals surface area contributed by atoms with Crippen LogP contribution >= 0.6 is 0 Å². The second-order valence-electron chi connectivity index (χ2n) is 12.3. The van der Waals surface area contributed by atoms with Gasteiger partial charge in [-0.3, -0.25) is 0 Å². The summed E-state index contributed by atoms with van der Waals surface area (Å²) in [6, 6.07) is 3.77. The van der Waals surface area contributed by atoms with E-state index in [4.69, 9.17) is 4.43 Å². The lowest BCUT2D eigenvalue weighted by atomic mass is 9.58. The van der Waals surface area contributed by atoms with E-state index in [1.165, 1.54) is 50.2 Å². The molecule has 3 rings (SSSR count). The van der Waals surface area contributed by atoms with Crippen molar-refractivity contribution >= 4 is 8.32 Å². The first kappa shape index (κ1) is 24.5. The van der Waals surface area contributed by atoms with Gasteiger partial charge in [0.1, 0.15) is 0 Å². The first-order valence-electron chi connectivity index (χ1n) is 13.0. The average Bonchev–Trinajstić information content (AvgIpc) is 3.16. The maximum Gasteiger partial charge on any atom is 0.192 e. The van der Waals surface area contributed by atoms with Gasteiger partial charge >= 0.3 is 0 Å². The quantitative estimate of drug-likeness (QED) is 0.299. The molecule has 0 heterocycles. The highest BCUT2D eigenvalue weighted by Gasteiger charge is 2.56. The number of aliphatic hydroxyl groups excluding tert-OH is 1. The van der Waals surface area contributed by atoms with Gasteiger partial charge in [0.15, 0.2) is 8.32 Å². The van der Waals surface area contributed by atoms with Crippen LogP contribution < -0.4 is 0 Å². The molecule has 0 aromatic carbocycles. The van der Waals surface area contributed by atoms with Gasteiger partial charge < -0.3 is 9.53 Å². The maximum atomic E-state index is 10.8. The van der Waals surface area contributed by atoms with Gasteiger partial charge in [0.05, 0.1) is 6.10 Å². The molecule has 0 aromatic rings. The van der Waals surface area contributed by atoms with Crippen molar-refractivity contribution in [1.29, 1.82) is 0 Å². The topological polar surface area (TPSA) is 29.5 Å². The van der Waals surface area contributed by atoms with Gasteiger partial charge in [-0.15, -0.1) is 0 Å². The summed E-state index contributed by atoms with van der Waals surface area (Å²) in [6.45, 7) is 19.0. The van der Waals surface area contributed by atoms with Gasteiger partial charge in [-0.25, -0.2) is 0 Å². The second-order valence-corrected chi connectivity index (χ2v) is 17.0. The molecular formula is C27H50O2Si. The monoisotopic (exact) mass is 434 g/mol. The Morgan fingerprint density at radius 1 is 1.10 bits per heavy atom. The molecule has 0 aliphatic heterocycles. The molecule has 0 bridgehead atoms. The van der Waals surface area contributed by atoms with Crippen LogP contribution in [0.5, 0.6) is 0 Å². The molecular weight excluding hydrogens is 384 g/mol. The highest BCUT2D eigenvalue weighted by atomic mass is 28.4. The van der Waals surface area contributed by atoms with Crippen LogP contribution in [0.3, 0.4) is 0 Å². The molecule has 0 saturated heterocycles. The van der Waals surface area contributed by atoms with Crippen molar-refractivity contribution in [3.05, 3.63) is 12.2 Å². The van der Waals surface area contributed by atoms with E-state index >= 15 is 0 Å². The Morgan fingerprint density at radius 3 is 2.23 bits per heavy atom. The Kier molecular flexibility index (Phi) is 7.09. The zero-order chi connectivity index (χ0) is 22.4. The summed E-state index contributed by atoms with van der Waals surface area (Å²) >= 11 is 0. The smallest absolute Gasteiger partial charge is 0.192 e. The van der Waals surface area contributed by atoms with Crippen molar-refractivity contribution in [1.82, 2.24) is 0 Å². The summed E-state index contributed by atoms with van der Waals surface area (Å²) in [5, 5.41) is 10.8. The predicted octanol–water partition coefficient (Wildman–Crippen LogP) is 7.58. The normalized spacial score (nSPS) is 40.6. The lowest BCUT2D eigenvalue weighted by Crippen LogP contribution is -2.49. The standard InChI is InChI=1S/C27H50O2Si/c1-9-30(10-2,11-3)29-22-13-12-17-26(7)21(22)14-15-23(26)25(5,6)18-16-24(28)27(8)19-20(27)4/h16,18,20-24,28H,9-15,17,19H2,1-8H3. The summed E-state index contributed by atoms with van der Waals surface area (Å²) in [4.78, 5) is 0. The van der Waals surface area contributed by atoms with Crippen molar-refractivity contribution < 1.29 is 9.53 Å². The number of rotatable bonds is 9. The number of aliphatic hydroxyl groups is 1. The van der Waals surface area contributed by atoms with Crippen LogP contribution in [0.2, 0.25) is 18.1 Å². The molecule has 0 aromatic heterocycles. The SMILES string of the molecule is CC[Si](CC)(CC)OC1CCCC2(C)C1CCC2C(C)(C)C=CC(O)C1(C)CC1C. The van der Waals surface area contributed by atoms with E-state index in [1.54, 1.807) is 0 Å². The van der Waals surface area contributed by atoms with E-state index in [0.29, 0.717) is 29.3 Å². The maximum absolute atomic E-state index is 10.8. The summed E-state index contributed by atoms with van der Waals surface area (Å²) in [5.41, 5.74) is 0.594. The fraction of sp³-hybridized carbons (Fsp3) is 0.926. The second kappa shape index (κ2) is 8.67. The Bertz CT molecular complexity index is 616. The van der Waals surface area contributed by atoms with E-state index in [0.717, 1.165) is 6.42 Å². The lowest BCUT2D eigenvalue weighted by Gasteiger charge is -2.50. The minimum atomic E-state index is -1.56. The molecule has 2 nitrogen and oxygen atoms in total. The molecule has 3 heteroatoms. The highest BCUT2D eigenvalue weighted by Crippen LogP contribution is 2.62. The summed E-state index contributed by atoms with van der Waals surface area (Å²) < 4.78 is 7.11. The molecule has 30 heavy (non-hydrogen) atoms. The number of hydrogen-bond donors (Lipinski definition) is 1. The lowest BCUT2D eigenvalue weighted by molar-refractivity contribution is -0.0281. The number of hydrogen-bond acceptors (Lipinski definition) is 2. The van der Waals surface area contributed by atoms with Crippen molar-refractivity contribution in [2.24, 2.45) is 34.0 Å². The molecule has 174 valence electrons. The molecule has 1 N–H and O–H groups in total. The molecule has 3 aliphatic rings. The van der Waals surface area contributed by atoms with Crippen molar-refractivity contribution in [3.8, 4) is 0 Å². The van der Waals surface area contributed by atoms with E-state index in [9.17, 15) is 5.11 Å². The predicted molar refractivity (Wildman–Crippen MR) is 131 cm³/mol. The molecule has 0 amide bonds. The first-order valence-corrected chi connectivity index (χ1v) is 15.6. The Morgan fingerprint density at radius 2 is 1.70 bits per heavy atom. The number of fused-ring (bicyclic) bond motifs is 1. The molecule has 3 saturated carbocycles. The number of allylic oxidation sites excluding steroid dienone is 1. The van der Waals surface area contributed by atoms with Gasteiger partial charge in [-0.1, -0.05) is 74.0 Å². The van der Waals surface area contributed by atoms with E-state index in [-0.39, 0.29) is 16.9 Å². The third-order valence-electron chi connectivity index (χ3n) is 10.4. The van der Waals surface area contributed by atoms with E-state index < -0.39 is 8.32 Å². The third-order valence-corrected chi connectivity index (χ3v) is 15.1. The zero-order valence-electron chi connectivity index (χ0n) is 21.3. The van der Waals surface area contributed by atoms with Crippen LogP contribution in [0.15, 0.2) is 12.2 Å². The van der Waals surface area contributed by atoms with Crippen LogP contribution in [0.25, 0.3) is 0 Å². The Labute approximate surface area is 188 Å². The van der Waals surface area contributed by atoms with Crippen LogP contribution in [0, 0.1) is 34.0 Å². The first-order chi connectivity index (χ1) is 14.0.